The van der Waals surface area contributed by atoms with Gasteiger partial charge in [0.15, 0.2) is 16.5 Å². The standard InChI is InChI=1S/C32H31N3O4S/c1-6-27-28(21-15-13-20(14-16-21)19(2)3)34-32(40-27)35-30(36)25-17-22-9-7-12-26(38-5)29(22)39-31(25)33-23-10-8-11-24(18-23)37-4/h7-19H,6H2,1-5H3,(H,34,35,36). The second kappa shape index (κ2) is 11.8. The lowest BCUT2D eigenvalue weighted by Crippen LogP contribution is -2.21. The third-order valence-electron chi connectivity index (χ3n) is 6.58. The van der Waals surface area contributed by atoms with Gasteiger partial charge in [-0.15, -0.1) is 11.3 Å². The number of carbonyl (C=O) groups is 1. The summed E-state index contributed by atoms with van der Waals surface area (Å²) in [7, 11) is 3.17. The van der Waals surface area contributed by atoms with Gasteiger partial charge in [-0.3, -0.25) is 10.1 Å². The number of thiazole rings is 1. The number of amides is 1. The van der Waals surface area contributed by atoms with Crippen LogP contribution >= 0.6 is 11.3 Å². The molecule has 2 heterocycles. The monoisotopic (exact) mass is 553 g/mol. The van der Waals surface area contributed by atoms with Gasteiger partial charge in [0, 0.05) is 21.9 Å². The molecule has 0 radical (unpaired) electrons. The van der Waals surface area contributed by atoms with Crippen molar-refractivity contribution in [3.05, 3.63) is 94.4 Å². The van der Waals surface area contributed by atoms with Crippen LogP contribution in [0.5, 0.6) is 11.5 Å². The Bertz CT molecular complexity index is 1740. The van der Waals surface area contributed by atoms with Crippen molar-refractivity contribution < 1.29 is 18.7 Å². The van der Waals surface area contributed by atoms with E-state index in [1.165, 1.54) is 16.9 Å². The normalized spacial score (nSPS) is 11.7. The Labute approximate surface area is 237 Å². The topological polar surface area (TPSA) is 86.0 Å². The number of nitrogens with one attached hydrogen (secondary N) is 1. The molecule has 0 saturated carbocycles. The van der Waals surface area contributed by atoms with E-state index in [-0.39, 0.29) is 17.0 Å². The third-order valence-corrected chi connectivity index (χ3v) is 7.69. The highest BCUT2D eigenvalue weighted by molar-refractivity contribution is 7.16. The lowest BCUT2D eigenvalue weighted by atomic mass is 10.0. The average Bonchev–Trinajstić information content (AvgIpc) is 3.39. The van der Waals surface area contributed by atoms with Crippen LogP contribution in [-0.2, 0) is 6.42 Å². The lowest BCUT2D eigenvalue weighted by Gasteiger charge is -2.08. The number of para-hydroxylation sites is 1. The SMILES string of the molecule is CCc1sc(NC(=O)c2cc3cccc(OC)c3oc2=Nc2cccc(OC)c2)nc1-c1ccc(C(C)C)cc1. The van der Waals surface area contributed by atoms with Gasteiger partial charge in [-0.1, -0.05) is 63.2 Å². The first-order valence-corrected chi connectivity index (χ1v) is 13.9. The van der Waals surface area contributed by atoms with Crippen LogP contribution in [0.4, 0.5) is 10.8 Å². The van der Waals surface area contributed by atoms with Crippen molar-refractivity contribution in [1.82, 2.24) is 4.98 Å². The highest BCUT2D eigenvalue weighted by atomic mass is 32.1. The van der Waals surface area contributed by atoms with Crippen LogP contribution < -0.4 is 20.3 Å². The van der Waals surface area contributed by atoms with E-state index in [1.807, 2.05) is 30.3 Å². The number of hydrogen-bond donors (Lipinski definition) is 1. The summed E-state index contributed by atoms with van der Waals surface area (Å²) in [6.07, 6.45) is 0.802. The van der Waals surface area contributed by atoms with Gasteiger partial charge in [-0.05, 0) is 42.2 Å². The Balaban J connectivity index is 1.56. The average molecular weight is 554 g/mol. The van der Waals surface area contributed by atoms with Crippen molar-refractivity contribution in [1.29, 1.82) is 0 Å². The van der Waals surface area contributed by atoms with Gasteiger partial charge in [0.2, 0.25) is 5.55 Å². The number of aromatic nitrogens is 1. The van der Waals surface area contributed by atoms with E-state index in [9.17, 15) is 4.79 Å². The summed E-state index contributed by atoms with van der Waals surface area (Å²) >= 11 is 1.47. The Kier molecular flexibility index (Phi) is 7.98. The van der Waals surface area contributed by atoms with Crippen LogP contribution in [0.25, 0.3) is 22.2 Å². The molecule has 3 aromatic carbocycles. The molecule has 0 unspecified atom stereocenters. The van der Waals surface area contributed by atoms with Gasteiger partial charge in [-0.25, -0.2) is 9.98 Å². The molecule has 0 spiro atoms. The maximum Gasteiger partial charge on any atom is 0.262 e. The third kappa shape index (κ3) is 5.62. The predicted molar refractivity (Wildman–Crippen MR) is 160 cm³/mol. The second-order valence-electron chi connectivity index (χ2n) is 9.53. The number of benzene rings is 3. The largest absolute Gasteiger partial charge is 0.497 e. The fourth-order valence-corrected chi connectivity index (χ4v) is 5.31. The molecule has 0 aliphatic rings. The molecule has 8 heteroatoms. The molecule has 5 aromatic rings. The zero-order valence-electron chi connectivity index (χ0n) is 23.1. The van der Waals surface area contributed by atoms with E-state index in [4.69, 9.17) is 18.9 Å². The Morgan fingerprint density at radius 2 is 1.80 bits per heavy atom. The quantitative estimate of drug-likeness (QED) is 0.212. The number of hydrogen-bond acceptors (Lipinski definition) is 7. The molecule has 7 nitrogen and oxygen atoms in total. The minimum atomic E-state index is -0.367. The number of aryl methyl sites for hydroxylation is 1. The number of rotatable bonds is 8. The number of fused-ring (bicyclic) bond motifs is 1. The van der Waals surface area contributed by atoms with Gasteiger partial charge in [0.1, 0.15) is 11.3 Å². The Hall–Kier alpha value is -4.43. The lowest BCUT2D eigenvalue weighted by molar-refractivity contribution is 0.102. The number of carbonyl (C=O) groups excluding carboxylic acids is 1. The van der Waals surface area contributed by atoms with Crippen molar-refractivity contribution in [2.45, 2.75) is 33.1 Å². The van der Waals surface area contributed by atoms with Crippen molar-refractivity contribution in [3.63, 3.8) is 0 Å². The molecule has 0 aliphatic carbocycles. The molecule has 2 aromatic heterocycles. The highest BCUT2D eigenvalue weighted by Gasteiger charge is 2.19. The van der Waals surface area contributed by atoms with Gasteiger partial charge < -0.3 is 13.9 Å². The van der Waals surface area contributed by atoms with Gasteiger partial charge >= 0.3 is 0 Å². The Morgan fingerprint density at radius 1 is 1.02 bits per heavy atom. The van der Waals surface area contributed by atoms with E-state index < -0.39 is 0 Å². The van der Waals surface area contributed by atoms with E-state index in [1.54, 1.807) is 32.4 Å². The van der Waals surface area contributed by atoms with E-state index >= 15 is 0 Å². The molecule has 0 saturated heterocycles. The molecule has 1 N–H and O–H groups in total. The first-order valence-electron chi connectivity index (χ1n) is 13.1. The summed E-state index contributed by atoms with van der Waals surface area (Å²) in [6, 6.07) is 23.0. The van der Waals surface area contributed by atoms with Crippen molar-refractivity contribution in [2.75, 3.05) is 19.5 Å². The summed E-state index contributed by atoms with van der Waals surface area (Å²) in [5.41, 5.74) is 4.69. The summed E-state index contributed by atoms with van der Waals surface area (Å²) in [5.74, 6) is 1.28. The fourth-order valence-electron chi connectivity index (χ4n) is 4.39. The van der Waals surface area contributed by atoms with Crippen LogP contribution in [0.3, 0.4) is 0 Å². The van der Waals surface area contributed by atoms with Gasteiger partial charge in [0.25, 0.3) is 5.91 Å². The molecule has 40 heavy (non-hydrogen) atoms. The molecular weight excluding hydrogens is 522 g/mol. The first-order chi connectivity index (χ1) is 19.4. The van der Waals surface area contributed by atoms with Crippen LogP contribution in [0.15, 0.2) is 82.2 Å². The molecule has 1 amide bonds. The summed E-state index contributed by atoms with van der Waals surface area (Å²) < 4.78 is 17.0. The summed E-state index contributed by atoms with van der Waals surface area (Å²) in [6.45, 7) is 6.44. The van der Waals surface area contributed by atoms with Gasteiger partial charge in [-0.2, -0.15) is 0 Å². The second-order valence-corrected chi connectivity index (χ2v) is 10.6. The van der Waals surface area contributed by atoms with Crippen molar-refractivity contribution >= 4 is 39.0 Å². The molecule has 0 atom stereocenters. The van der Waals surface area contributed by atoms with Crippen molar-refractivity contribution in [3.8, 4) is 22.8 Å². The molecule has 0 fully saturated rings. The molecule has 0 bridgehead atoms. The van der Waals surface area contributed by atoms with E-state index in [0.29, 0.717) is 39.2 Å². The van der Waals surface area contributed by atoms with Crippen molar-refractivity contribution in [2.24, 2.45) is 4.99 Å². The van der Waals surface area contributed by atoms with Crippen LogP contribution in [0.1, 0.15) is 47.5 Å². The minimum absolute atomic E-state index is 0.152. The minimum Gasteiger partial charge on any atom is -0.497 e. The predicted octanol–water partition coefficient (Wildman–Crippen LogP) is 7.74. The number of methoxy groups -OCH3 is 2. The first kappa shape index (κ1) is 27.1. The van der Waals surface area contributed by atoms with E-state index in [2.05, 4.69) is 55.3 Å². The summed E-state index contributed by atoms with van der Waals surface area (Å²) in [4.78, 5) is 24.3. The van der Waals surface area contributed by atoms with Crippen LogP contribution in [-0.4, -0.2) is 25.1 Å². The zero-order chi connectivity index (χ0) is 28.2. The molecular formula is C32H31N3O4S. The van der Waals surface area contributed by atoms with Gasteiger partial charge in [0.05, 0.1) is 25.6 Å². The number of ether oxygens (including phenoxy) is 2. The molecule has 204 valence electrons. The highest BCUT2D eigenvalue weighted by Crippen LogP contribution is 2.33. The Morgan fingerprint density at radius 3 is 2.50 bits per heavy atom. The maximum absolute atomic E-state index is 13.7. The van der Waals surface area contributed by atoms with E-state index in [0.717, 1.165) is 22.6 Å². The summed E-state index contributed by atoms with van der Waals surface area (Å²) in [5, 5.41) is 4.22. The number of nitrogens with zero attached hydrogens (tertiary/aromatic N) is 2. The maximum atomic E-state index is 13.7. The molecule has 5 rings (SSSR count). The molecule has 0 aliphatic heterocycles. The van der Waals surface area contributed by atoms with Crippen LogP contribution in [0, 0.1) is 0 Å². The smallest absolute Gasteiger partial charge is 0.262 e. The van der Waals surface area contributed by atoms with Crippen LogP contribution in [0.2, 0.25) is 0 Å². The zero-order valence-corrected chi connectivity index (χ0v) is 24.0. The number of anilines is 1. The fraction of sp³-hybridized carbons (Fsp3) is 0.219.